The van der Waals surface area contributed by atoms with Gasteiger partial charge in [0.25, 0.3) is 0 Å². The number of carbonyl (C=O) groups is 2. The third-order valence-corrected chi connectivity index (χ3v) is 6.02. The van der Waals surface area contributed by atoms with Gasteiger partial charge in [-0.3, -0.25) is 9.59 Å². The molecule has 1 N–H and O–H groups in total. The van der Waals surface area contributed by atoms with E-state index >= 15 is 0 Å². The summed E-state index contributed by atoms with van der Waals surface area (Å²) in [6, 6.07) is 24.8. The molecule has 3 aromatic carbocycles. The summed E-state index contributed by atoms with van der Waals surface area (Å²) < 4.78 is 14.5. The number of nitrogens with zero attached hydrogens (tertiary/aromatic N) is 1. The highest BCUT2D eigenvalue weighted by molar-refractivity contribution is 8.00. The predicted octanol–water partition coefficient (Wildman–Crippen LogP) is 4.69. The average Bonchev–Trinajstić information content (AvgIpc) is 2.82. The Balaban J connectivity index is 1.89. The van der Waals surface area contributed by atoms with E-state index in [1.54, 1.807) is 18.2 Å². The second-order valence-electron chi connectivity index (χ2n) is 7.31. The number of benzene rings is 3. The first-order valence-corrected chi connectivity index (χ1v) is 11.6. The summed E-state index contributed by atoms with van der Waals surface area (Å²) >= 11 is 1.40. The molecule has 0 saturated heterocycles. The maximum absolute atomic E-state index is 14.5. The van der Waals surface area contributed by atoms with E-state index in [2.05, 4.69) is 5.32 Å². The molecule has 0 radical (unpaired) electrons. The third kappa shape index (κ3) is 6.69. The van der Waals surface area contributed by atoms with Gasteiger partial charge in [0.1, 0.15) is 11.9 Å². The molecule has 0 aliphatic carbocycles. The Hall–Kier alpha value is -3.12. The van der Waals surface area contributed by atoms with Gasteiger partial charge in [0.15, 0.2) is 0 Å². The minimum atomic E-state index is -0.749. The molecule has 0 aliphatic heterocycles. The molecule has 0 aromatic heterocycles. The van der Waals surface area contributed by atoms with Crippen molar-refractivity contribution in [3.05, 3.63) is 102 Å². The van der Waals surface area contributed by atoms with Crippen molar-refractivity contribution in [3.8, 4) is 0 Å². The van der Waals surface area contributed by atoms with Crippen molar-refractivity contribution in [2.75, 3.05) is 12.3 Å². The van der Waals surface area contributed by atoms with Crippen LogP contribution in [0.3, 0.4) is 0 Å². The van der Waals surface area contributed by atoms with Crippen molar-refractivity contribution in [1.82, 2.24) is 10.2 Å². The second-order valence-corrected chi connectivity index (χ2v) is 8.36. The maximum Gasteiger partial charge on any atom is 0.243 e. The van der Waals surface area contributed by atoms with Crippen molar-refractivity contribution < 1.29 is 14.0 Å². The summed E-state index contributed by atoms with van der Waals surface area (Å²) in [5, 5.41) is 2.84. The number of hydrogen-bond acceptors (Lipinski definition) is 3. The Morgan fingerprint density at radius 1 is 0.938 bits per heavy atom. The Bertz CT molecular complexity index is 1010. The summed E-state index contributed by atoms with van der Waals surface area (Å²) in [7, 11) is 0. The molecule has 0 aliphatic rings. The van der Waals surface area contributed by atoms with Crippen LogP contribution in [0.1, 0.15) is 18.1 Å². The first-order chi connectivity index (χ1) is 15.6. The highest BCUT2D eigenvalue weighted by Crippen LogP contribution is 2.21. The third-order valence-electron chi connectivity index (χ3n) is 5.03. The molecule has 166 valence electrons. The molecule has 0 saturated carbocycles. The largest absolute Gasteiger partial charge is 0.355 e. The van der Waals surface area contributed by atoms with Gasteiger partial charge in [-0.25, -0.2) is 4.39 Å². The summed E-state index contributed by atoms with van der Waals surface area (Å²) in [5.74, 6) is -0.696. The van der Waals surface area contributed by atoms with E-state index in [4.69, 9.17) is 0 Å². The molecule has 0 heterocycles. The minimum absolute atomic E-state index is 0.0233. The van der Waals surface area contributed by atoms with Crippen molar-refractivity contribution in [2.24, 2.45) is 0 Å². The number of amides is 2. The molecule has 0 bridgehead atoms. The lowest BCUT2D eigenvalue weighted by Gasteiger charge is -2.31. The SMILES string of the molecule is CCNC(=O)C(Cc1ccccc1)N(Cc1ccccc1F)C(=O)CSc1ccccc1. The van der Waals surface area contributed by atoms with Crippen molar-refractivity contribution in [1.29, 1.82) is 0 Å². The molecular formula is C26H27FN2O2S. The lowest BCUT2D eigenvalue weighted by Crippen LogP contribution is -2.51. The number of thioether (sulfide) groups is 1. The molecule has 1 unspecified atom stereocenters. The number of likely N-dealkylation sites (N-methyl/N-ethyl adjacent to an activating group) is 1. The van der Waals surface area contributed by atoms with Crippen LogP contribution in [0.5, 0.6) is 0 Å². The van der Waals surface area contributed by atoms with Gasteiger partial charge < -0.3 is 10.2 Å². The smallest absolute Gasteiger partial charge is 0.243 e. The number of carbonyl (C=O) groups excluding carboxylic acids is 2. The maximum atomic E-state index is 14.5. The summed E-state index contributed by atoms with van der Waals surface area (Å²) in [4.78, 5) is 28.9. The Labute approximate surface area is 192 Å². The lowest BCUT2D eigenvalue weighted by atomic mass is 10.0. The van der Waals surface area contributed by atoms with Crippen LogP contribution in [0.4, 0.5) is 4.39 Å². The highest BCUT2D eigenvalue weighted by Gasteiger charge is 2.30. The molecule has 1 atom stereocenters. The van der Waals surface area contributed by atoms with E-state index in [1.165, 1.54) is 22.7 Å². The van der Waals surface area contributed by atoms with Crippen LogP contribution in [-0.4, -0.2) is 35.1 Å². The van der Waals surface area contributed by atoms with Gasteiger partial charge in [-0.05, 0) is 30.7 Å². The fourth-order valence-corrected chi connectivity index (χ4v) is 4.21. The van der Waals surface area contributed by atoms with Crippen LogP contribution in [0.2, 0.25) is 0 Å². The van der Waals surface area contributed by atoms with Gasteiger partial charge in [0.05, 0.1) is 5.75 Å². The van der Waals surface area contributed by atoms with Crippen LogP contribution in [0.25, 0.3) is 0 Å². The number of hydrogen-bond donors (Lipinski definition) is 1. The van der Waals surface area contributed by atoms with Crippen LogP contribution in [-0.2, 0) is 22.6 Å². The number of nitrogens with one attached hydrogen (secondary N) is 1. The fourth-order valence-electron chi connectivity index (χ4n) is 3.40. The Morgan fingerprint density at radius 3 is 2.22 bits per heavy atom. The van der Waals surface area contributed by atoms with Gasteiger partial charge in [0, 0.05) is 30.0 Å². The molecule has 6 heteroatoms. The highest BCUT2D eigenvalue weighted by atomic mass is 32.2. The normalized spacial score (nSPS) is 11.6. The first kappa shape index (κ1) is 23.5. The van der Waals surface area contributed by atoms with E-state index in [-0.39, 0.29) is 24.1 Å². The van der Waals surface area contributed by atoms with E-state index in [0.717, 1.165) is 10.5 Å². The molecule has 3 aromatic rings. The van der Waals surface area contributed by atoms with Crippen LogP contribution >= 0.6 is 11.8 Å². The summed E-state index contributed by atoms with van der Waals surface area (Å²) in [6.45, 7) is 2.31. The van der Waals surface area contributed by atoms with Crippen LogP contribution in [0, 0.1) is 5.82 Å². The summed E-state index contributed by atoms with van der Waals surface area (Å²) in [5.41, 5.74) is 1.32. The Morgan fingerprint density at radius 2 is 1.56 bits per heavy atom. The van der Waals surface area contributed by atoms with Crippen molar-refractivity contribution in [3.63, 3.8) is 0 Å². The van der Waals surface area contributed by atoms with Crippen LogP contribution in [0.15, 0.2) is 89.8 Å². The monoisotopic (exact) mass is 450 g/mol. The van der Waals surface area contributed by atoms with Crippen LogP contribution < -0.4 is 5.32 Å². The van der Waals surface area contributed by atoms with Crippen molar-refractivity contribution >= 4 is 23.6 Å². The molecular weight excluding hydrogens is 423 g/mol. The van der Waals surface area contributed by atoms with Crippen molar-refractivity contribution in [2.45, 2.75) is 30.8 Å². The summed E-state index contributed by atoms with van der Waals surface area (Å²) in [6.07, 6.45) is 0.350. The molecule has 4 nitrogen and oxygen atoms in total. The molecule has 3 rings (SSSR count). The van der Waals surface area contributed by atoms with Gasteiger partial charge >= 0.3 is 0 Å². The zero-order chi connectivity index (χ0) is 22.8. The van der Waals surface area contributed by atoms with Gasteiger partial charge in [0.2, 0.25) is 11.8 Å². The van der Waals surface area contributed by atoms with E-state index in [9.17, 15) is 14.0 Å². The van der Waals surface area contributed by atoms with Gasteiger partial charge in [-0.1, -0.05) is 66.7 Å². The molecule has 0 spiro atoms. The quantitative estimate of drug-likeness (QED) is 0.456. The van der Waals surface area contributed by atoms with E-state index in [0.29, 0.717) is 18.5 Å². The molecule has 2 amide bonds. The first-order valence-electron chi connectivity index (χ1n) is 10.6. The fraction of sp³-hybridized carbons (Fsp3) is 0.231. The lowest BCUT2D eigenvalue weighted by molar-refractivity contribution is -0.139. The Kier molecular flexibility index (Phi) is 8.87. The minimum Gasteiger partial charge on any atom is -0.355 e. The molecule has 32 heavy (non-hydrogen) atoms. The van der Waals surface area contributed by atoms with Gasteiger partial charge in [-0.2, -0.15) is 0 Å². The average molecular weight is 451 g/mol. The van der Waals surface area contributed by atoms with E-state index in [1.807, 2.05) is 67.6 Å². The van der Waals surface area contributed by atoms with Gasteiger partial charge in [-0.15, -0.1) is 11.8 Å². The predicted molar refractivity (Wildman–Crippen MR) is 127 cm³/mol. The molecule has 0 fully saturated rings. The standard InChI is InChI=1S/C26H27FN2O2S/c1-2-28-26(31)24(17-20-11-5-3-6-12-20)29(18-21-13-9-10-16-23(21)27)25(30)19-32-22-14-7-4-8-15-22/h3-16,24H,2,17-19H2,1H3,(H,28,31). The van der Waals surface area contributed by atoms with E-state index < -0.39 is 11.9 Å². The zero-order valence-corrected chi connectivity index (χ0v) is 18.9. The number of halogens is 1. The zero-order valence-electron chi connectivity index (χ0n) is 18.0. The topological polar surface area (TPSA) is 49.4 Å². The number of rotatable bonds is 10. The second kappa shape index (κ2) is 12.1.